The fourth-order valence-corrected chi connectivity index (χ4v) is 1.38. The van der Waals surface area contributed by atoms with E-state index in [1.54, 1.807) is 21.0 Å². The van der Waals surface area contributed by atoms with Gasteiger partial charge < -0.3 is 19.3 Å². The van der Waals surface area contributed by atoms with Crippen molar-refractivity contribution in [1.29, 1.82) is 0 Å². The normalized spacial score (nSPS) is 29.5. The summed E-state index contributed by atoms with van der Waals surface area (Å²) >= 11 is 0. The molecule has 0 radical (unpaired) electrons. The molecule has 1 aliphatic rings. The van der Waals surface area contributed by atoms with Gasteiger partial charge in [-0.2, -0.15) is 0 Å². The average molecular weight is 217 g/mol. The van der Waals surface area contributed by atoms with Gasteiger partial charge in [0.15, 0.2) is 5.90 Å². The van der Waals surface area contributed by atoms with Crippen LogP contribution in [-0.4, -0.2) is 49.3 Å². The number of rotatable bonds is 5. The van der Waals surface area contributed by atoms with Crippen molar-refractivity contribution >= 4 is 5.90 Å². The molecule has 5 heteroatoms. The quantitative estimate of drug-likeness (QED) is 0.731. The van der Waals surface area contributed by atoms with Gasteiger partial charge in [0.05, 0.1) is 18.8 Å². The zero-order valence-corrected chi connectivity index (χ0v) is 9.64. The number of aliphatic hydroxyl groups excluding tert-OH is 1. The Balaban J connectivity index is 2.57. The summed E-state index contributed by atoms with van der Waals surface area (Å²) in [6.07, 6.45) is -0.789. The number of aliphatic hydroxyl groups is 1. The van der Waals surface area contributed by atoms with Crippen LogP contribution in [0.4, 0.5) is 0 Å². The first kappa shape index (κ1) is 12.4. The zero-order chi connectivity index (χ0) is 11.4. The Morgan fingerprint density at radius 2 is 2.20 bits per heavy atom. The predicted octanol–water partition coefficient (Wildman–Crippen LogP) is 0.562. The molecule has 0 aromatic rings. The van der Waals surface area contributed by atoms with Crippen LogP contribution in [0.15, 0.2) is 4.99 Å². The Labute approximate surface area is 90.0 Å². The molecule has 0 saturated carbocycles. The molecule has 2 unspecified atom stereocenters. The molecule has 1 aliphatic heterocycles. The van der Waals surface area contributed by atoms with Gasteiger partial charge in [-0.15, -0.1) is 0 Å². The van der Waals surface area contributed by atoms with E-state index in [1.807, 2.05) is 6.92 Å². The molecule has 0 fully saturated rings. The summed E-state index contributed by atoms with van der Waals surface area (Å²) in [6, 6.07) is -0.163. The van der Waals surface area contributed by atoms with E-state index in [2.05, 4.69) is 4.99 Å². The Bertz CT molecular complexity index is 231. The monoisotopic (exact) mass is 217 g/mol. The number of hydrogen-bond donors (Lipinski definition) is 1. The minimum absolute atomic E-state index is 0.0347. The van der Waals surface area contributed by atoms with Crippen molar-refractivity contribution in [1.82, 2.24) is 0 Å². The molecule has 4 atom stereocenters. The summed E-state index contributed by atoms with van der Waals surface area (Å²) in [6.45, 7) is 5.44. The standard InChI is InChI=1S/C10H19NO4/c1-6(5-12)14-10-9(7(2)13-4)11-8(3)15-10/h6-7,9-10,12H,5H2,1-4H3/t6?,7-,9?,10-/m1/s1. The Morgan fingerprint density at radius 1 is 1.53 bits per heavy atom. The van der Waals surface area contributed by atoms with E-state index in [1.165, 1.54) is 0 Å². The molecule has 0 aliphatic carbocycles. The van der Waals surface area contributed by atoms with Gasteiger partial charge in [0, 0.05) is 14.0 Å². The SMILES string of the molecule is CO[C@H](C)C1N=C(C)O[C@H]1OC(C)CO. The van der Waals surface area contributed by atoms with Crippen molar-refractivity contribution in [2.45, 2.75) is 45.3 Å². The first-order chi connectivity index (χ1) is 7.08. The molecule has 0 saturated heterocycles. The first-order valence-corrected chi connectivity index (χ1v) is 5.08. The lowest BCUT2D eigenvalue weighted by Crippen LogP contribution is -2.37. The van der Waals surface area contributed by atoms with Crippen molar-refractivity contribution in [3.05, 3.63) is 0 Å². The Kier molecular flexibility index (Phi) is 4.50. The number of ether oxygens (including phenoxy) is 3. The molecule has 0 aromatic heterocycles. The van der Waals surface area contributed by atoms with Gasteiger partial charge in [0.25, 0.3) is 0 Å². The molecule has 88 valence electrons. The minimum atomic E-state index is -0.456. The van der Waals surface area contributed by atoms with Gasteiger partial charge in [-0.1, -0.05) is 0 Å². The molecule has 0 spiro atoms. The predicted molar refractivity (Wildman–Crippen MR) is 55.9 cm³/mol. The van der Waals surface area contributed by atoms with Crippen molar-refractivity contribution in [2.75, 3.05) is 13.7 Å². The van der Waals surface area contributed by atoms with Gasteiger partial charge in [-0.05, 0) is 13.8 Å². The van der Waals surface area contributed by atoms with Crippen LogP contribution in [-0.2, 0) is 14.2 Å². The molecule has 0 amide bonds. The van der Waals surface area contributed by atoms with E-state index in [4.69, 9.17) is 19.3 Å². The maximum Gasteiger partial charge on any atom is 0.226 e. The molecule has 1 N–H and O–H groups in total. The highest BCUT2D eigenvalue weighted by Crippen LogP contribution is 2.20. The third kappa shape index (κ3) is 3.15. The highest BCUT2D eigenvalue weighted by atomic mass is 16.7. The number of hydrogen-bond acceptors (Lipinski definition) is 5. The van der Waals surface area contributed by atoms with Crippen LogP contribution in [0.25, 0.3) is 0 Å². The van der Waals surface area contributed by atoms with E-state index < -0.39 is 6.29 Å². The zero-order valence-electron chi connectivity index (χ0n) is 9.64. The summed E-state index contributed by atoms with van der Waals surface area (Å²) in [4.78, 5) is 4.29. The van der Waals surface area contributed by atoms with Crippen molar-refractivity contribution in [2.24, 2.45) is 4.99 Å². The first-order valence-electron chi connectivity index (χ1n) is 5.08. The van der Waals surface area contributed by atoms with Crippen molar-refractivity contribution in [3.8, 4) is 0 Å². The largest absolute Gasteiger partial charge is 0.450 e. The third-order valence-corrected chi connectivity index (χ3v) is 2.37. The van der Waals surface area contributed by atoms with Crippen LogP contribution in [0.2, 0.25) is 0 Å². The van der Waals surface area contributed by atoms with E-state index >= 15 is 0 Å². The van der Waals surface area contributed by atoms with Crippen LogP contribution in [0.1, 0.15) is 20.8 Å². The van der Waals surface area contributed by atoms with Crippen LogP contribution >= 0.6 is 0 Å². The lowest BCUT2D eigenvalue weighted by Gasteiger charge is -2.24. The van der Waals surface area contributed by atoms with E-state index in [-0.39, 0.29) is 24.9 Å². The lowest BCUT2D eigenvalue weighted by molar-refractivity contribution is -0.146. The van der Waals surface area contributed by atoms with Crippen molar-refractivity contribution < 1.29 is 19.3 Å². The average Bonchev–Trinajstić information content (AvgIpc) is 2.58. The highest BCUT2D eigenvalue weighted by molar-refractivity contribution is 5.75. The molecular formula is C10H19NO4. The summed E-state index contributed by atoms with van der Waals surface area (Å²) in [7, 11) is 1.63. The maximum atomic E-state index is 8.89. The molecule has 0 bridgehead atoms. The number of aliphatic imine (C=N–C) groups is 1. The van der Waals surface area contributed by atoms with Crippen LogP contribution in [0.3, 0.4) is 0 Å². The molecule has 5 nitrogen and oxygen atoms in total. The summed E-state index contributed by atoms with van der Waals surface area (Å²) in [5, 5.41) is 8.89. The second-order valence-corrected chi connectivity index (χ2v) is 3.70. The highest BCUT2D eigenvalue weighted by Gasteiger charge is 2.35. The fourth-order valence-electron chi connectivity index (χ4n) is 1.38. The Hall–Kier alpha value is -0.650. The van der Waals surface area contributed by atoms with Gasteiger partial charge in [0.1, 0.15) is 6.04 Å². The van der Waals surface area contributed by atoms with Crippen molar-refractivity contribution in [3.63, 3.8) is 0 Å². The van der Waals surface area contributed by atoms with Crippen LogP contribution in [0.5, 0.6) is 0 Å². The van der Waals surface area contributed by atoms with Crippen LogP contribution in [0, 0.1) is 0 Å². The smallest absolute Gasteiger partial charge is 0.226 e. The lowest BCUT2D eigenvalue weighted by atomic mass is 10.2. The van der Waals surface area contributed by atoms with E-state index in [9.17, 15) is 0 Å². The van der Waals surface area contributed by atoms with Gasteiger partial charge >= 0.3 is 0 Å². The van der Waals surface area contributed by atoms with Crippen LogP contribution < -0.4 is 0 Å². The van der Waals surface area contributed by atoms with Gasteiger partial charge in [-0.3, -0.25) is 0 Å². The molecular weight excluding hydrogens is 198 g/mol. The maximum absolute atomic E-state index is 8.89. The second kappa shape index (κ2) is 5.44. The van der Waals surface area contributed by atoms with E-state index in [0.29, 0.717) is 5.90 Å². The van der Waals surface area contributed by atoms with E-state index in [0.717, 1.165) is 0 Å². The van der Waals surface area contributed by atoms with Gasteiger partial charge in [-0.25, -0.2) is 4.99 Å². The molecule has 1 heterocycles. The topological polar surface area (TPSA) is 60.3 Å². The minimum Gasteiger partial charge on any atom is -0.450 e. The molecule has 1 rings (SSSR count). The number of methoxy groups -OCH3 is 1. The Morgan fingerprint density at radius 3 is 2.73 bits per heavy atom. The van der Waals surface area contributed by atoms with Gasteiger partial charge in [0.2, 0.25) is 6.29 Å². The molecule has 15 heavy (non-hydrogen) atoms. The second-order valence-electron chi connectivity index (χ2n) is 3.70. The third-order valence-electron chi connectivity index (χ3n) is 2.37. The summed E-state index contributed by atoms with van der Waals surface area (Å²) in [5.74, 6) is 0.596. The summed E-state index contributed by atoms with van der Waals surface area (Å²) < 4.78 is 16.1. The number of nitrogens with zero attached hydrogens (tertiary/aromatic N) is 1. The summed E-state index contributed by atoms with van der Waals surface area (Å²) in [5.41, 5.74) is 0. The fraction of sp³-hybridized carbons (Fsp3) is 0.900. The molecule has 0 aromatic carbocycles.